The standard InChI is InChI=1S/C15H16FNO4S/c16-14-6-2-1-4-12(14)11-22(19,20)9-7-15(18)17-10-13-5-3-8-21-13/h1-6,8H,7,9-11H2,(H,17,18). The van der Waals surface area contributed by atoms with Gasteiger partial charge in [-0.2, -0.15) is 0 Å². The van der Waals surface area contributed by atoms with Gasteiger partial charge in [0.25, 0.3) is 0 Å². The van der Waals surface area contributed by atoms with Gasteiger partial charge in [0.1, 0.15) is 11.6 Å². The quantitative estimate of drug-likeness (QED) is 0.845. The smallest absolute Gasteiger partial charge is 0.221 e. The lowest BCUT2D eigenvalue weighted by Crippen LogP contribution is -2.25. The minimum absolute atomic E-state index is 0.110. The lowest BCUT2D eigenvalue weighted by molar-refractivity contribution is -0.120. The molecule has 1 amide bonds. The number of hydrogen-bond donors (Lipinski definition) is 1. The number of hydrogen-bond acceptors (Lipinski definition) is 4. The molecule has 1 aromatic heterocycles. The van der Waals surface area contributed by atoms with E-state index in [-0.39, 0.29) is 24.3 Å². The first kappa shape index (κ1) is 16.2. The van der Waals surface area contributed by atoms with Crippen molar-refractivity contribution in [2.75, 3.05) is 5.75 Å². The highest BCUT2D eigenvalue weighted by atomic mass is 32.2. The van der Waals surface area contributed by atoms with Crippen molar-refractivity contribution in [1.82, 2.24) is 5.32 Å². The molecule has 0 saturated heterocycles. The van der Waals surface area contributed by atoms with Crippen molar-refractivity contribution in [1.29, 1.82) is 0 Å². The zero-order chi connectivity index (χ0) is 16.0. The van der Waals surface area contributed by atoms with Gasteiger partial charge in [-0.3, -0.25) is 4.79 Å². The molecule has 5 nitrogen and oxygen atoms in total. The fraction of sp³-hybridized carbons (Fsp3) is 0.267. The van der Waals surface area contributed by atoms with Crippen LogP contribution in [0.5, 0.6) is 0 Å². The summed E-state index contributed by atoms with van der Waals surface area (Å²) in [5, 5.41) is 2.56. The molecule has 2 rings (SSSR count). The van der Waals surface area contributed by atoms with E-state index in [1.807, 2.05) is 0 Å². The Hall–Kier alpha value is -2.15. The highest BCUT2D eigenvalue weighted by Gasteiger charge is 2.16. The number of furan rings is 1. The first-order chi connectivity index (χ1) is 10.5. The van der Waals surface area contributed by atoms with E-state index in [9.17, 15) is 17.6 Å². The third-order valence-electron chi connectivity index (χ3n) is 3.01. The molecular weight excluding hydrogens is 309 g/mol. The largest absolute Gasteiger partial charge is 0.467 e. The van der Waals surface area contributed by atoms with Gasteiger partial charge in [-0.25, -0.2) is 12.8 Å². The van der Waals surface area contributed by atoms with Gasteiger partial charge in [0, 0.05) is 12.0 Å². The summed E-state index contributed by atoms with van der Waals surface area (Å²) in [4.78, 5) is 11.6. The molecule has 1 aromatic carbocycles. The summed E-state index contributed by atoms with van der Waals surface area (Å²) in [5.41, 5.74) is 0.110. The second kappa shape index (κ2) is 7.22. The molecule has 0 unspecified atom stereocenters. The summed E-state index contributed by atoms with van der Waals surface area (Å²) in [6, 6.07) is 9.10. The number of amides is 1. The van der Waals surface area contributed by atoms with E-state index >= 15 is 0 Å². The van der Waals surface area contributed by atoms with Crippen LogP contribution in [-0.2, 0) is 26.9 Å². The van der Waals surface area contributed by atoms with E-state index in [1.54, 1.807) is 18.2 Å². The van der Waals surface area contributed by atoms with E-state index in [4.69, 9.17) is 4.42 Å². The van der Waals surface area contributed by atoms with Crippen LogP contribution in [0, 0.1) is 5.82 Å². The number of carbonyl (C=O) groups is 1. The van der Waals surface area contributed by atoms with Gasteiger partial charge < -0.3 is 9.73 Å². The Labute approximate surface area is 128 Å². The monoisotopic (exact) mass is 325 g/mol. The Morgan fingerprint density at radius 2 is 1.95 bits per heavy atom. The maximum Gasteiger partial charge on any atom is 0.221 e. The molecule has 0 spiro atoms. The lowest BCUT2D eigenvalue weighted by Gasteiger charge is -2.06. The van der Waals surface area contributed by atoms with Gasteiger partial charge >= 0.3 is 0 Å². The molecule has 0 aliphatic rings. The van der Waals surface area contributed by atoms with E-state index in [0.29, 0.717) is 5.76 Å². The summed E-state index contributed by atoms with van der Waals surface area (Å²) >= 11 is 0. The van der Waals surface area contributed by atoms with Crippen molar-refractivity contribution in [2.24, 2.45) is 0 Å². The van der Waals surface area contributed by atoms with Crippen molar-refractivity contribution < 1.29 is 22.0 Å². The molecule has 2 aromatic rings. The number of sulfone groups is 1. The summed E-state index contributed by atoms with van der Waals surface area (Å²) in [5.74, 6) is -1.11. The molecule has 1 N–H and O–H groups in total. The van der Waals surface area contributed by atoms with Crippen LogP contribution in [0.3, 0.4) is 0 Å². The molecule has 0 saturated carbocycles. The minimum atomic E-state index is -3.55. The first-order valence-corrected chi connectivity index (χ1v) is 8.51. The zero-order valence-corrected chi connectivity index (χ0v) is 12.6. The molecule has 0 radical (unpaired) electrons. The molecule has 7 heteroatoms. The van der Waals surface area contributed by atoms with Crippen LogP contribution >= 0.6 is 0 Å². The Bertz CT molecular complexity index is 726. The second-order valence-electron chi connectivity index (χ2n) is 4.79. The Morgan fingerprint density at radius 3 is 2.64 bits per heavy atom. The number of benzene rings is 1. The van der Waals surface area contributed by atoms with Gasteiger partial charge in [-0.15, -0.1) is 0 Å². The topological polar surface area (TPSA) is 76.4 Å². The number of rotatable bonds is 7. The summed E-state index contributed by atoms with van der Waals surface area (Å²) in [7, 11) is -3.55. The molecular formula is C15H16FNO4S. The van der Waals surface area contributed by atoms with Crippen LogP contribution < -0.4 is 5.32 Å². The molecule has 0 bridgehead atoms. The van der Waals surface area contributed by atoms with Crippen LogP contribution in [-0.4, -0.2) is 20.1 Å². The van der Waals surface area contributed by atoms with Crippen molar-refractivity contribution in [3.8, 4) is 0 Å². The SMILES string of the molecule is O=C(CCS(=O)(=O)Cc1ccccc1F)NCc1ccco1. The van der Waals surface area contributed by atoms with Crippen LogP contribution in [0.2, 0.25) is 0 Å². The predicted octanol–water partition coefficient (Wildman–Crippen LogP) is 2.04. The van der Waals surface area contributed by atoms with Crippen LogP contribution in [0.4, 0.5) is 4.39 Å². The second-order valence-corrected chi connectivity index (χ2v) is 6.97. The summed E-state index contributed by atoms with van der Waals surface area (Å²) < 4.78 is 42.3. The first-order valence-electron chi connectivity index (χ1n) is 6.69. The van der Waals surface area contributed by atoms with E-state index < -0.39 is 27.3 Å². The molecule has 0 atom stereocenters. The molecule has 0 fully saturated rings. The van der Waals surface area contributed by atoms with Crippen molar-refractivity contribution in [3.05, 3.63) is 59.8 Å². The van der Waals surface area contributed by atoms with Crippen LogP contribution in [0.15, 0.2) is 47.1 Å². The third-order valence-corrected chi connectivity index (χ3v) is 4.59. The Morgan fingerprint density at radius 1 is 1.18 bits per heavy atom. The fourth-order valence-electron chi connectivity index (χ4n) is 1.86. The van der Waals surface area contributed by atoms with Gasteiger partial charge in [-0.1, -0.05) is 18.2 Å². The van der Waals surface area contributed by atoms with E-state index in [0.717, 1.165) is 0 Å². The average Bonchev–Trinajstić information content (AvgIpc) is 2.99. The van der Waals surface area contributed by atoms with E-state index in [1.165, 1.54) is 24.5 Å². The maximum absolute atomic E-state index is 13.4. The highest BCUT2D eigenvalue weighted by molar-refractivity contribution is 7.90. The molecule has 118 valence electrons. The van der Waals surface area contributed by atoms with Gasteiger partial charge in [-0.05, 0) is 18.2 Å². The Kier molecular flexibility index (Phi) is 5.32. The average molecular weight is 325 g/mol. The zero-order valence-electron chi connectivity index (χ0n) is 11.8. The molecule has 0 aliphatic carbocycles. The minimum Gasteiger partial charge on any atom is -0.467 e. The van der Waals surface area contributed by atoms with E-state index in [2.05, 4.69) is 5.32 Å². The van der Waals surface area contributed by atoms with Crippen LogP contribution in [0.25, 0.3) is 0 Å². The normalized spacial score (nSPS) is 11.3. The van der Waals surface area contributed by atoms with Gasteiger partial charge in [0.15, 0.2) is 9.84 Å². The molecule has 22 heavy (non-hydrogen) atoms. The lowest BCUT2D eigenvalue weighted by atomic mass is 10.2. The molecule has 0 aliphatic heterocycles. The Balaban J connectivity index is 1.82. The highest BCUT2D eigenvalue weighted by Crippen LogP contribution is 2.12. The van der Waals surface area contributed by atoms with Crippen molar-refractivity contribution in [3.63, 3.8) is 0 Å². The summed E-state index contributed by atoms with van der Waals surface area (Å²) in [6.07, 6.45) is 1.32. The summed E-state index contributed by atoms with van der Waals surface area (Å²) in [6.45, 7) is 0.208. The molecule has 1 heterocycles. The maximum atomic E-state index is 13.4. The van der Waals surface area contributed by atoms with Gasteiger partial charge in [0.05, 0.1) is 24.3 Å². The van der Waals surface area contributed by atoms with Crippen molar-refractivity contribution in [2.45, 2.75) is 18.7 Å². The number of carbonyl (C=O) groups excluding carboxylic acids is 1. The number of nitrogens with one attached hydrogen (secondary N) is 1. The van der Waals surface area contributed by atoms with Crippen molar-refractivity contribution >= 4 is 15.7 Å². The number of halogens is 1. The predicted molar refractivity (Wildman–Crippen MR) is 79.1 cm³/mol. The third kappa shape index (κ3) is 5.00. The van der Waals surface area contributed by atoms with Gasteiger partial charge in [0.2, 0.25) is 5.91 Å². The van der Waals surface area contributed by atoms with Crippen LogP contribution in [0.1, 0.15) is 17.7 Å². The fourth-order valence-corrected chi connectivity index (χ4v) is 3.21.